The van der Waals surface area contributed by atoms with Crippen LogP contribution in [0.5, 0.6) is 0 Å². The largest absolute Gasteiger partial charge is 2.00 e. The fraction of sp³-hybridized carbons (Fsp3) is 0.579. The Morgan fingerprint density at radius 3 is 1.67 bits per heavy atom. The summed E-state index contributed by atoms with van der Waals surface area (Å²) in [7, 11) is 0.446. The van der Waals surface area contributed by atoms with Crippen molar-refractivity contribution in [2.24, 2.45) is 5.41 Å². The Balaban J connectivity index is 0. The van der Waals surface area contributed by atoms with E-state index in [0.29, 0.717) is 7.92 Å². The summed E-state index contributed by atoms with van der Waals surface area (Å²) in [6.07, 6.45) is 24.8. The van der Waals surface area contributed by atoms with Crippen LogP contribution in [0.2, 0.25) is 0 Å². The van der Waals surface area contributed by atoms with E-state index >= 15 is 0 Å². The second-order valence-corrected chi connectivity index (χ2v) is 8.69. The molecule has 0 aromatic rings. The molecule has 0 saturated heterocycles. The Kier molecular flexibility index (Phi) is 16.7. The molecule has 0 fully saturated rings. The molecule has 0 spiro atoms. The third-order valence-electron chi connectivity index (χ3n) is 3.26. The minimum Gasteiger partial charge on any atom is -0.273 e. The summed E-state index contributed by atoms with van der Waals surface area (Å²) in [5.41, 5.74) is 0.286. The number of allylic oxidation sites excluding steroid dienone is 8. The smallest absolute Gasteiger partial charge is 0.273 e. The first-order valence-electron chi connectivity index (χ1n) is 7.75. The molecule has 0 amide bonds. The molecule has 21 heavy (non-hydrogen) atoms. The molecule has 0 bridgehead atoms. The number of rotatable bonds is 3. The Labute approximate surface area is 149 Å². The van der Waals surface area contributed by atoms with Gasteiger partial charge in [0.1, 0.15) is 0 Å². The van der Waals surface area contributed by atoms with Crippen LogP contribution >= 0.6 is 7.92 Å². The average molecular weight is 338 g/mol. The van der Waals surface area contributed by atoms with E-state index in [-0.39, 0.29) is 27.1 Å². The summed E-state index contributed by atoms with van der Waals surface area (Å²) in [5.74, 6) is 0. The standard InChI is InChI=1S/C8H11.C6H15P.C5H5.Ti/c1-8(2)6-4-3-5-7-8;1-4-7(5-2)6-3;1-2-4-5-3-1;/h3-5H,6H2,1-2H3;4-6H2,1-3H3;1-3H,4H2;/q-1;;-1;+2. The molecule has 2 rings (SSSR count). The van der Waals surface area contributed by atoms with Gasteiger partial charge in [-0.3, -0.25) is 12.2 Å². The van der Waals surface area contributed by atoms with Crippen molar-refractivity contribution in [1.82, 2.24) is 0 Å². The van der Waals surface area contributed by atoms with Crippen LogP contribution in [0, 0.1) is 17.6 Å². The normalized spacial score (nSPS) is 16.7. The summed E-state index contributed by atoms with van der Waals surface area (Å²) < 4.78 is 0. The molecule has 0 nitrogen and oxygen atoms in total. The number of hydrogen-bond donors (Lipinski definition) is 0. The molecule has 2 aliphatic carbocycles. The fourth-order valence-electron chi connectivity index (χ4n) is 1.77. The molecule has 0 heterocycles. The van der Waals surface area contributed by atoms with Gasteiger partial charge in [0.05, 0.1) is 0 Å². The van der Waals surface area contributed by atoms with Gasteiger partial charge in [0, 0.05) is 0 Å². The van der Waals surface area contributed by atoms with Crippen LogP contribution in [0.1, 0.15) is 47.5 Å². The Morgan fingerprint density at radius 1 is 0.952 bits per heavy atom. The topological polar surface area (TPSA) is 0 Å². The summed E-state index contributed by atoms with van der Waals surface area (Å²) in [6.45, 7) is 11.2. The molecule has 0 saturated carbocycles. The average Bonchev–Trinajstić information content (AvgIpc) is 3.00. The first-order valence-corrected chi connectivity index (χ1v) is 9.65. The Hall–Kier alpha value is 0.104. The molecule has 0 radical (unpaired) electrons. The van der Waals surface area contributed by atoms with E-state index in [1.807, 2.05) is 24.3 Å². The first-order chi connectivity index (χ1) is 9.55. The molecule has 0 aromatic carbocycles. The van der Waals surface area contributed by atoms with Crippen LogP contribution in [0.4, 0.5) is 0 Å². The molecular formula is C19H31PTi. The maximum Gasteiger partial charge on any atom is 2.00 e. The summed E-state index contributed by atoms with van der Waals surface area (Å²) in [4.78, 5) is 0. The molecule has 0 atom stereocenters. The van der Waals surface area contributed by atoms with Gasteiger partial charge < -0.3 is 0 Å². The van der Waals surface area contributed by atoms with Crippen LogP contribution in [-0.4, -0.2) is 18.5 Å². The molecule has 0 N–H and O–H groups in total. The van der Waals surface area contributed by atoms with Gasteiger partial charge in [-0.2, -0.15) is 12.2 Å². The third kappa shape index (κ3) is 14.8. The maximum atomic E-state index is 3.25. The summed E-state index contributed by atoms with van der Waals surface area (Å²) in [5, 5.41) is 0. The molecule has 116 valence electrons. The van der Waals surface area contributed by atoms with Crippen LogP contribution in [0.25, 0.3) is 0 Å². The second kappa shape index (κ2) is 15.0. The molecule has 2 aliphatic rings. The van der Waals surface area contributed by atoms with E-state index in [4.69, 9.17) is 0 Å². The zero-order chi connectivity index (χ0) is 15.3. The van der Waals surface area contributed by atoms with Crippen LogP contribution in [-0.2, 0) is 21.7 Å². The minimum atomic E-state index is 0. The molecular weight excluding hydrogens is 307 g/mol. The Morgan fingerprint density at radius 2 is 1.52 bits per heavy atom. The summed E-state index contributed by atoms with van der Waals surface area (Å²) >= 11 is 0. The zero-order valence-corrected chi connectivity index (χ0v) is 16.9. The van der Waals surface area contributed by atoms with Crippen LogP contribution in [0.3, 0.4) is 0 Å². The summed E-state index contributed by atoms with van der Waals surface area (Å²) in [6, 6.07) is 0. The van der Waals surface area contributed by atoms with E-state index in [1.54, 1.807) is 0 Å². The molecule has 0 aromatic heterocycles. The van der Waals surface area contributed by atoms with Crippen molar-refractivity contribution >= 4 is 7.92 Å². The van der Waals surface area contributed by atoms with Gasteiger partial charge in [0.15, 0.2) is 0 Å². The number of hydrogen-bond acceptors (Lipinski definition) is 0. The van der Waals surface area contributed by atoms with Crippen molar-refractivity contribution < 1.29 is 21.7 Å². The SMILES string of the molecule is CC1(C)[C-]=CC=CC1.CCP(CC)CC.[C-]1=CC=CC1.[Ti+2]. The van der Waals surface area contributed by atoms with E-state index < -0.39 is 0 Å². The van der Waals surface area contributed by atoms with Crippen molar-refractivity contribution in [2.45, 2.75) is 47.5 Å². The van der Waals surface area contributed by atoms with Gasteiger partial charge in [-0.15, -0.1) is 14.3 Å². The minimum absolute atomic E-state index is 0. The van der Waals surface area contributed by atoms with E-state index in [1.165, 1.54) is 18.5 Å². The monoisotopic (exact) mass is 338 g/mol. The molecule has 0 aliphatic heterocycles. The van der Waals surface area contributed by atoms with Crippen molar-refractivity contribution in [3.8, 4) is 0 Å². The maximum absolute atomic E-state index is 3.25. The van der Waals surface area contributed by atoms with Crippen molar-refractivity contribution in [2.75, 3.05) is 18.5 Å². The molecule has 0 unspecified atom stereocenters. The fourth-order valence-corrected chi connectivity index (χ4v) is 3.12. The van der Waals surface area contributed by atoms with Gasteiger partial charge in [0.25, 0.3) is 0 Å². The zero-order valence-electron chi connectivity index (χ0n) is 14.4. The quantitative estimate of drug-likeness (QED) is 0.328. The van der Waals surface area contributed by atoms with Crippen LogP contribution in [0.15, 0.2) is 36.5 Å². The van der Waals surface area contributed by atoms with E-state index in [2.05, 4.69) is 58.9 Å². The molecule has 2 heteroatoms. The van der Waals surface area contributed by atoms with Gasteiger partial charge in [-0.1, -0.05) is 46.5 Å². The van der Waals surface area contributed by atoms with Crippen molar-refractivity contribution in [1.29, 1.82) is 0 Å². The van der Waals surface area contributed by atoms with Crippen molar-refractivity contribution in [3.63, 3.8) is 0 Å². The third-order valence-corrected chi connectivity index (χ3v) is 5.95. The van der Waals surface area contributed by atoms with Gasteiger partial charge in [0.2, 0.25) is 0 Å². The van der Waals surface area contributed by atoms with Crippen molar-refractivity contribution in [3.05, 3.63) is 48.6 Å². The predicted octanol–water partition coefficient (Wildman–Crippen LogP) is 6.16. The van der Waals surface area contributed by atoms with E-state index in [9.17, 15) is 0 Å². The van der Waals surface area contributed by atoms with Gasteiger partial charge in [-0.05, 0) is 18.5 Å². The Bertz CT molecular complexity index is 318. The predicted molar refractivity (Wildman–Crippen MR) is 95.5 cm³/mol. The van der Waals surface area contributed by atoms with Gasteiger partial charge >= 0.3 is 21.7 Å². The first kappa shape index (κ1) is 23.4. The van der Waals surface area contributed by atoms with Crippen LogP contribution < -0.4 is 0 Å². The van der Waals surface area contributed by atoms with Gasteiger partial charge in [-0.25, -0.2) is 24.3 Å². The van der Waals surface area contributed by atoms with E-state index in [0.717, 1.165) is 12.8 Å². The second-order valence-electron chi connectivity index (χ2n) is 5.45.